The Morgan fingerprint density at radius 2 is 1.95 bits per heavy atom. The normalized spacial score (nSPS) is 13.7. The molecule has 2 rings (SSSR count). The lowest BCUT2D eigenvalue weighted by atomic mass is 10.1. The molecule has 0 radical (unpaired) electrons. The van der Waals surface area contributed by atoms with Crippen LogP contribution in [0.3, 0.4) is 0 Å². The summed E-state index contributed by atoms with van der Waals surface area (Å²) in [4.78, 5) is 0. The van der Waals surface area contributed by atoms with Crippen molar-refractivity contribution in [3.63, 3.8) is 0 Å². The Labute approximate surface area is 126 Å². The molecule has 0 aliphatic rings. The smallest absolute Gasteiger partial charge is 0.151 e. The van der Waals surface area contributed by atoms with Crippen LogP contribution in [-0.2, 0) is 16.3 Å². The van der Waals surface area contributed by atoms with Crippen LogP contribution in [0.15, 0.2) is 28.7 Å². The predicted octanol–water partition coefficient (Wildman–Crippen LogP) is 3.08. The molecule has 2 aromatic rings. The van der Waals surface area contributed by atoms with Gasteiger partial charge in [-0.05, 0) is 19.4 Å². The van der Waals surface area contributed by atoms with Crippen LogP contribution >= 0.6 is 0 Å². The molecule has 0 bridgehead atoms. The average Bonchev–Trinajstić information content (AvgIpc) is 2.85. The van der Waals surface area contributed by atoms with Gasteiger partial charge in [0.25, 0.3) is 0 Å². The molecule has 0 saturated heterocycles. The van der Waals surface area contributed by atoms with E-state index in [1.54, 1.807) is 6.92 Å². The summed E-state index contributed by atoms with van der Waals surface area (Å²) in [6, 6.07) is 7.99. The van der Waals surface area contributed by atoms with Gasteiger partial charge in [0, 0.05) is 23.2 Å². The summed E-state index contributed by atoms with van der Waals surface area (Å²) < 4.78 is 29.0. The van der Waals surface area contributed by atoms with E-state index in [-0.39, 0.29) is 17.5 Å². The molecule has 1 unspecified atom stereocenters. The van der Waals surface area contributed by atoms with Crippen molar-refractivity contribution >= 4 is 20.8 Å². The quantitative estimate of drug-likeness (QED) is 0.854. The van der Waals surface area contributed by atoms with Crippen LogP contribution < -0.4 is 5.32 Å². The maximum absolute atomic E-state index is 11.5. The molecule has 0 saturated carbocycles. The van der Waals surface area contributed by atoms with E-state index in [1.807, 2.05) is 25.1 Å². The van der Waals surface area contributed by atoms with Crippen molar-refractivity contribution < 1.29 is 12.8 Å². The molecule has 0 amide bonds. The Morgan fingerprint density at radius 3 is 2.62 bits per heavy atom. The van der Waals surface area contributed by atoms with Crippen molar-refractivity contribution in [2.45, 2.75) is 33.2 Å². The summed E-state index contributed by atoms with van der Waals surface area (Å²) in [5, 5.41) is 4.40. The first-order chi connectivity index (χ1) is 9.98. The molecule has 1 atom stereocenters. The van der Waals surface area contributed by atoms with E-state index in [2.05, 4.69) is 18.3 Å². The molecule has 0 aliphatic heterocycles. The second-order valence-electron chi connectivity index (χ2n) is 5.21. The fraction of sp³-hybridized carbons (Fsp3) is 0.500. The van der Waals surface area contributed by atoms with Gasteiger partial charge in [-0.15, -0.1) is 0 Å². The minimum Gasteiger partial charge on any atom is -0.459 e. The van der Waals surface area contributed by atoms with Gasteiger partial charge < -0.3 is 9.73 Å². The zero-order valence-electron chi connectivity index (χ0n) is 12.8. The van der Waals surface area contributed by atoms with Crippen LogP contribution in [0.1, 0.15) is 38.1 Å². The largest absolute Gasteiger partial charge is 0.459 e. The first-order valence-corrected chi connectivity index (χ1v) is 9.24. The van der Waals surface area contributed by atoms with E-state index < -0.39 is 9.84 Å². The highest BCUT2D eigenvalue weighted by Crippen LogP contribution is 2.30. The first kappa shape index (κ1) is 16.0. The highest BCUT2D eigenvalue weighted by atomic mass is 32.2. The average molecular weight is 309 g/mol. The SMILES string of the molecule is CCc1c(C(C)NCCS(=O)(=O)CC)oc2ccccc12. The number of hydrogen-bond acceptors (Lipinski definition) is 4. The number of rotatable bonds is 7. The number of furan rings is 1. The van der Waals surface area contributed by atoms with Crippen LogP contribution in [0, 0.1) is 0 Å². The third-order valence-corrected chi connectivity index (χ3v) is 5.49. The summed E-state index contributed by atoms with van der Waals surface area (Å²) >= 11 is 0. The number of hydrogen-bond donors (Lipinski definition) is 1. The Hall–Kier alpha value is -1.33. The van der Waals surface area contributed by atoms with E-state index in [1.165, 1.54) is 5.56 Å². The highest BCUT2D eigenvalue weighted by molar-refractivity contribution is 7.91. The van der Waals surface area contributed by atoms with E-state index in [4.69, 9.17) is 4.42 Å². The third-order valence-electron chi connectivity index (χ3n) is 3.78. The summed E-state index contributed by atoms with van der Waals surface area (Å²) in [6.45, 7) is 6.23. The number of fused-ring (bicyclic) bond motifs is 1. The number of para-hydroxylation sites is 1. The minimum atomic E-state index is -2.93. The maximum Gasteiger partial charge on any atom is 0.151 e. The molecule has 5 heteroatoms. The maximum atomic E-state index is 11.5. The van der Waals surface area contributed by atoms with E-state index in [0.29, 0.717) is 6.54 Å². The van der Waals surface area contributed by atoms with Gasteiger partial charge in [-0.2, -0.15) is 0 Å². The monoisotopic (exact) mass is 309 g/mol. The first-order valence-electron chi connectivity index (χ1n) is 7.42. The second kappa shape index (κ2) is 6.62. The molecular formula is C16H23NO3S. The lowest BCUT2D eigenvalue weighted by Crippen LogP contribution is -2.26. The van der Waals surface area contributed by atoms with Gasteiger partial charge in [0.1, 0.15) is 11.3 Å². The van der Waals surface area contributed by atoms with Crippen LogP contribution in [-0.4, -0.2) is 26.5 Å². The standard InChI is InChI=1S/C16H23NO3S/c1-4-13-14-8-6-7-9-15(14)20-16(13)12(3)17-10-11-21(18,19)5-2/h6-9,12,17H,4-5,10-11H2,1-3H3. The van der Waals surface area contributed by atoms with Crippen molar-refractivity contribution in [1.29, 1.82) is 0 Å². The molecule has 1 N–H and O–H groups in total. The Bertz CT molecular complexity index is 703. The second-order valence-corrected chi connectivity index (χ2v) is 7.68. The van der Waals surface area contributed by atoms with Gasteiger partial charge in [-0.1, -0.05) is 32.0 Å². The van der Waals surface area contributed by atoms with Crippen LogP contribution in [0.25, 0.3) is 11.0 Å². The van der Waals surface area contributed by atoms with Crippen LogP contribution in [0.2, 0.25) is 0 Å². The summed E-state index contributed by atoms with van der Waals surface area (Å²) in [6.07, 6.45) is 0.894. The third kappa shape index (κ3) is 3.66. The molecule has 0 aliphatic carbocycles. The van der Waals surface area contributed by atoms with Crippen molar-refractivity contribution in [2.75, 3.05) is 18.1 Å². The molecule has 1 aromatic carbocycles. The number of sulfone groups is 1. The fourth-order valence-corrected chi connectivity index (χ4v) is 3.22. The van der Waals surface area contributed by atoms with Crippen molar-refractivity contribution in [2.24, 2.45) is 0 Å². The lowest BCUT2D eigenvalue weighted by molar-refractivity contribution is 0.453. The van der Waals surface area contributed by atoms with Gasteiger partial charge in [0.05, 0.1) is 11.8 Å². The Kier molecular flexibility index (Phi) is 5.06. The summed E-state index contributed by atoms with van der Waals surface area (Å²) in [5.74, 6) is 1.26. The Morgan fingerprint density at radius 1 is 1.24 bits per heavy atom. The number of aryl methyl sites for hydroxylation is 1. The van der Waals surface area contributed by atoms with Gasteiger partial charge in [0.15, 0.2) is 9.84 Å². The zero-order valence-corrected chi connectivity index (χ0v) is 13.7. The predicted molar refractivity (Wildman–Crippen MR) is 86.3 cm³/mol. The lowest BCUT2D eigenvalue weighted by Gasteiger charge is -2.13. The molecule has 21 heavy (non-hydrogen) atoms. The van der Waals surface area contributed by atoms with Gasteiger partial charge in [-0.3, -0.25) is 0 Å². The van der Waals surface area contributed by atoms with E-state index in [0.717, 1.165) is 23.2 Å². The fourth-order valence-electron chi connectivity index (χ4n) is 2.50. The molecule has 0 spiro atoms. The number of benzene rings is 1. The van der Waals surface area contributed by atoms with Crippen molar-refractivity contribution in [3.8, 4) is 0 Å². The molecule has 0 fully saturated rings. The highest BCUT2D eigenvalue weighted by Gasteiger charge is 2.18. The zero-order chi connectivity index (χ0) is 15.5. The van der Waals surface area contributed by atoms with Crippen molar-refractivity contribution in [1.82, 2.24) is 5.32 Å². The van der Waals surface area contributed by atoms with Crippen LogP contribution in [0.4, 0.5) is 0 Å². The number of nitrogens with one attached hydrogen (secondary N) is 1. The molecule has 1 heterocycles. The van der Waals surface area contributed by atoms with Gasteiger partial charge >= 0.3 is 0 Å². The van der Waals surface area contributed by atoms with Crippen LogP contribution in [0.5, 0.6) is 0 Å². The van der Waals surface area contributed by atoms with Crippen molar-refractivity contribution in [3.05, 3.63) is 35.6 Å². The molecule has 1 aromatic heterocycles. The summed E-state index contributed by atoms with van der Waals surface area (Å²) in [7, 11) is -2.93. The Balaban J connectivity index is 2.14. The summed E-state index contributed by atoms with van der Waals surface area (Å²) in [5.41, 5.74) is 2.09. The molecule has 116 valence electrons. The molecule has 4 nitrogen and oxygen atoms in total. The van der Waals surface area contributed by atoms with E-state index >= 15 is 0 Å². The van der Waals surface area contributed by atoms with E-state index in [9.17, 15) is 8.42 Å². The minimum absolute atomic E-state index is 0.000550. The van der Waals surface area contributed by atoms with Gasteiger partial charge in [0.2, 0.25) is 0 Å². The molecular weight excluding hydrogens is 286 g/mol. The van der Waals surface area contributed by atoms with Gasteiger partial charge in [-0.25, -0.2) is 8.42 Å². The topological polar surface area (TPSA) is 59.3 Å².